The van der Waals surface area contributed by atoms with E-state index >= 15 is 0 Å². The normalized spacial score (nSPS) is 17.9. The van der Waals surface area contributed by atoms with Crippen molar-refractivity contribution in [3.05, 3.63) is 47.2 Å². The monoisotopic (exact) mass is 338 g/mol. The fourth-order valence-corrected chi connectivity index (χ4v) is 3.83. The molecule has 0 spiro atoms. The second-order valence-electron chi connectivity index (χ2n) is 6.95. The van der Waals surface area contributed by atoms with Crippen molar-refractivity contribution in [3.8, 4) is 0 Å². The highest BCUT2D eigenvalue weighted by Crippen LogP contribution is 2.34. The lowest BCUT2D eigenvalue weighted by Crippen LogP contribution is -2.15. The van der Waals surface area contributed by atoms with Crippen molar-refractivity contribution in [1.29, 1.82) is 0 Å². The fourth-order valence-electron chi connectivity index (χ4n) is 3.83. The molecule has 0 radical (unpaired) electrons. The Labute approximate surface area is 149 Å². The molecule has 1 N–H and O–H groups in total. The Hall–Kier alpha value is -2.01. The van der Waals surface area contributed by atoms with E-state index in [9.17, 15) is 0 Å². The van der Waals surface area contributed by atoms with Crippen molar-refractivity contribution in [1.82, 2.24) is 15.0 Å². The van der Waals surface area contributed by atoms with Crippen molar-refractivity contribution in [2.45, 2.75) is 50.9 Å². The maximum absolute atomic E-state index is 5.67. The molecule has 132 valence electrons. The first-order chi connectivity index (χ1) is 12.4. The fraction of sp³-hybridized carbons (Fsp3) is 0.550. The quantitative estimate of drug-likeness (QED) is 0.906. The van der Waals surface area contributed by atoms with Crippen molar-refractivity contribution in [2.24, 2.45) is 0 Å². The van der Waals surface area contributed by atoms with E-state index in [1.165, 1.54) is 36.9 Å². The van der Waals surface area contributed by atoms with Crippen LogP contribution in [0, 0.1) is 0 Å². The van der Waals surface area contributed by atoms with Crippen LogP contribution in [-0.4, -0.2) is 34.7 Å². The minimum atomic E-state index is 0.533. The third kappa shape index (κ3) is 3.98. The van der Waals surface area contributed by atoms with Gasteiger partial charge in [-0.1, -0.05) is 18.9 Å². The molecule has 1 aliphatic heterocycles. The maximum atomic E-state index is 5.67. The first-order valence-corrected chi connectivity index (χ1v) is 9.51. The molecular weight excluding hydrogens is 312 g/mol. The molecule has 0 aromatic carbocycles. The van der Waals surface area contributed by atoms with Crippen LogP contribution in [0.1, 0.15) is 54.4 Å². The van der Waals surface area contributed by atoms with E-state index < -0.39 is 0 Å². The number of hydrogen-bond donors (Lipinski definition) is 1. The summed E-state index contributed by atoms with van der Waals surface area (Å²) in [5.74, 6) is 2.60. The molecule has 1 saturated carbocycles. The van der Waals surface area contributed by atoms with Gasteiger partial charge in [-0.15, -0.1) is 0 Å². The number of nitrogens with one attached hydrogen (secondary N) is 1. The summed E-state index contributed by atoms with van der Waals surface area (Å²) in [6.07, 6.45) is 9.59. The van der Waals surface area contributed by atoms with Gasteiger partial charge in [0.05, 0.1) is 18.9 Å². The molecule has 0 unspecified atom stereocenters. The molecule has 25 heavy (non-hydrogen) atoms. The molecule has 3 heterocycles. The van der Waals surface area contributed by atoms with Crippen LogP contribution in [0.5, 0.6) is 0 Å². The van der Waals surface area contributed by atoms with Gasteiger partial charge in [0.25, 0.3) is 0 Å². The summed E-state index contributed by atoms with van der Waals surface area (Å²) >= 11 is 0. The van der Waals surface area contributed by atoms with Gasteiger partial charge in [-0.25, -0.2) is 9.97 Å². The summed E-state index contributed by atoms with van der Waals surface area (Å²) in [6.45, 7) is 2.36. The van der Waals surface area contributed by atoms with Gasteiger partial charge in [0.2, 0.25) is 0 Å². The Bertz CT molecular complexity index is 698. The summed E-state index contributed by atoms with van der Waals surface area (Å²) in [4.78, 5) is 14.3. The number of rotatable bonds is 5. The lowest BCUT2D eigenvalue weighted by Gasteiger charge is -2.17. The van der Waals surface area contributed by atoms with Gasteiger partial charge in [0.15, 0.2) is 0 Å². The summed E-state index contributed by atoms with van der Waals surface area (Å²) < 4.78 is 5.67. The molecule has 0 saturated heterocycles. The zero-order valence-corrected chi connectivity index (χ0v) is 14.7. The van der Waals surface area contributed by atoms with E-state index in [1.54, 1.807) is 0 Å². The number of nitrogens with zero attached hydrogens (tertiary/aromatic N) is 3. The van der Waals surface area contributed by atoms with Gasteiger partial charge in [0.1, 0.15) is 11.6 Å². The first-order valence-electron chi connectivity index (χ1n) is 9.51. The lowest BCUT2D eigenvalue weighted by molar-refractivity contribution is 0.146. The van der Waals surface area contributed by atoms with Gasteiger partial charge in [-0.2, -0.15) is 0 Å². The van der Waals surface area contributed by atoms with Crippen LogP contribution in [0.4, 0.5) is 5.82 Å². The van der Waals surface area contributed by atoms with E-state index in [0.29, 0.717) is 5.92 Å². The van der Waals surface area contributed by atoms with Crippen molar-refractivity contribution in [2.75, 3.05) is 25.1 Å². The van der Waals surface area contributed by atoms with Crippen molar-refractivity contribution >= 4 is 5.82 Å². The van der Waals surface area contributed by atoms with Crippen LogP contribution in [0.3, 0.4) is 0 Å². The smallest absolute Gasteiger partial charge is 0.134 e. The zero-order valence-electron chi connectivity index (χ0n) is 14.7. The number of ether oxygens (including phenoxy) is 1. The highest BCUT2D eigenvalue weighted by atomic mass is 16.5. The molecule has 0 atom stereocenters. The number of pyridine rings is 1. The zero-order chi connectivity index (χ0) is 16.9. The molecule has 5 nitrogen and oxygen atoms in total. The van der Waals surface area contributed by atoms with E-state index in [2.05, 4.69) is 16.4 Å². The summed E-state index contributed by atoms with van der Waals surface area (Å²) in [5.41, 5.74) is 3.55. The molecule has 4 rings (SSSR count). The Morgan fingerprint density at radius 3 is 2.80 bits per heavy atom. The minimum absolute atomic E-state index is 0.533. The SMILES string of the molecule is c1ccc(CCNc2nc(C3CCCC3)nc3c2CCOCC3)nc1. The average Bonchev–Trinajstić information content (AvgIpc) is 3.08. The van der Waals surface area contributed by atoms with Gasteiger partial charge in [0, 0.05) is 49.2 Å². The van der Waals surface area contributed by atoms with Gasteiger partial charge >= 0.3 is 0 Å². The topological polar surface area (TPSA) is 59.9 Å². The molecule has 1 aliphatic carbocycles. The van der Waals surface area contributed by atoms with Crippen molar-refractivity contribution in [3.63, 3.8) is 0 Å². The third-order valence-electron chi connectivity index (χ3n) is 5.21. The second kappa shape index (κ2) is 7.91. The summed E-state index contributed by atoms with van der Waals surface area (Å²) in [5, 5.41) is 3.57. The van der Waals surface area contributed by atoms with Crippen LogP contribution in [0.2, 0.25) is 0 Å². The van der Waals surface area contributed by atoms with Crippen LogP contribution < -0.4 is 5.32 Å². The number of fused-ring (bicyclic) bond motifs is 1. The van der Waals surface area contributed by atoms with Crippen molar-refractivity contribution < 1.29 is 4.74 Å². The molecule has 2 aliphatic rings. The average molecular weight is 338 g/mol. The first kappa shape index (κ1) is 16.5. The molecule has 0 amide bonds. The number of anilines is 1. The Morgan fingerprint density at radius 1 is 1.08 bits per heavy atom. The highest BCUT2D eigenvalue weighted by Gasteiger charge is 2.24. The maximum Gasteiger partial charge on any atom is 0.134 e. The van der Waals surface area contributed by atoms with E-state index in [-0.39, 0.29) is 0 Å². The summed E-state index contributed by atoms with van der Waals surface area (Å²) in [6, 6.07) is 6.06. The Balaban J connectivity index is 1.54. The van der Waals surface area contributed by atoms with E-state index in [4.69, 9.17) is 14.7 Å². The van der Waals surface area contributed by atoms with Crippen LogP contribution >= 0.6 is 0 Å². The largest absolute Gasteiger partial charge is 0.381 e. The van der Waals surface area contributed by atoms with Crippen LogP contribution in [0.25, 0.3) is 0 Å². The molecule has 2 aromatic heterocycles. The number of hydrogen-bond acceptors (Lipinski definition) is 5. The van der Waals surface area contributed by atoms with E-state index in [0.717, 1.165) is 56.4 Å². The predicted molar refractivity (Wildman–Crippen MR) is 97.9 cm³/mol. The summed E-state index contributed by atoms with van der Waals surface area (Å²) in [7, 11) is 0. The lowest BCUT2D eigenvalue weighted by atomic mass is 10.0. The van der Waals surface area contributed by atoms with Crippen LogP contribution in [0.15, 0.2) is 24.4 Å². The molecule has 5 heteroatoms. The van der Waals surface area contributed by atoms with Crippen LogP contribution in [-0.2, 0) is 24.0 Å². The van der Waals surface area contributed by atoms with E-state index in [1.807, 2.05) is 18.3 Å². The molecule has 0 bridgehead atoms. The third-order valence-corrected chi connectivity index (χ3v) is 5.21. The Morgan fingerprint density at radius 2 is 1.96 bits per heavy atom. The van der Waals surface area contributed by atoms with Gasteiger partial charge in [-0.3, -0.25) is 4.98 Å². The van der Waals surface area contributed by atoms with Gasteiger partial charge in [-0.05, 0) is 25.0 Å². The minimum Gasteiger partial charge on any atom is -0.381 e. The molecule has 2 aromatic rings. The number of aromatic nitrogens is 3. The molecule has 1 fully saturated rings. The second-order valence-corrected chi connectivity index (χ2v) is 6.95. The highest BCUT2D eigenvalue weighted by molar-refractivity contribution is 5.48. The Kier molecular flexibility index (Phi) is 5.21. The predicted octanol–water partition coefficient (Wildman–Crippen LogP) is 3.30. The molecular formula is C20H26N4O. The standard InChI is InChI=1S/C20H26N4O/c1-2-6-15(5-1)19-23-18-10-14-25-13-9-17(18)20(24-19)22-12-8-16-7-3-4-11-21-16/h3-4,7,11,15H,1-2,5-6,8-10,12-14H2,(H,22,23,24). The van der Waals surface area contributed by atoms with Gasteiger partial charge < -0.3 is 10.1 Å².